The highest BCUT2D eigenvalue weighted by atomic mass is 16.5. The molecule has 0 spiro atoms. The molecule has 0 heterocycles. The van der Waals surface area contributed by atoms with Gasteiger partial charge in [-0.2, -0.15) is 0 Å². The van der Waals surface area contributed by atoms with Crippen molar-refractivity contribution in [2.75, 3.05) is 7.11 Å². The van der Waals surface area contributed by atoms with E-state index in [-0.39, 0.29) is 17.5 Å². The van der Waals surface area contributed by atoms with Gasteiger partial charge in [-0.15, -0.1) is 0 Å². The summed E-state index contributed by atoms with van der Waals surface area (Å²) < 4.78 is 5.11. The Morgan fingerprint density at radius 1 is 1.12 bits per heavy atom. The van der Waals surface area contributed by atoms with E-state index in [1.165, 1.54) is 6.21 Å². The predicted molar refractivity (Wildman–Crippen MR) is 94.2 cm³/mol. The number of allylic oxidation sites excluding steroid dienone is 2. The van der Waals surface area contributed by atoms with Crippen LogP contribution in [0, 0.1) is 0 Å². The number of hydrogen-bond acceptors (Lipinski definition) is 4. The molecular weight excluding hydrogens is 302 g/mol. The van der Waals surface area contributed by atoms with Gasteiger partial charge in [0.15, 0.2) is 5.78 Å². The zero-order valence-corrected chi connectivity index (χ0v) is 13.5. The lowest BCUT2D eigenvalue weighted by molar-refractivity contribution is -0.115. The van der Waals surface area contributed by atoms with Gasteiger partial charge in [0, 0.05) is 18.6 Å². The molecule has 0 amide bonds. The van der Waals surface area contributed by atoms with E-state index >= 15 is 0 Å². The van der Waals surface area contributed by atoms with Crippen molar-refractivity contribution in [3.8, 4) is 5.75 Å². The van der Waals surface area contributed by atoms with Crippen LogP contribution in [0.5, 0.6) is 5.75 Å². The molecule has 0 saturated carbocycles. The third kappa shape index (κ3) is 3.38. The van der Waals surface area contributed by atoms with Crippen molar-refractivity contribution < 1.29 is 14.6 Å². The standard InChI is InChI=1S/C20H19NO3/c1-24-16-9-7-15(8-10-16)21-13-18-19(22)12-11-17(20(18)23)14-5-3-2-4-6-14/h2-10,13,17,23H,11-12H2,1H3/t17-/m1/s1. The fourth-order valence-electron chi connectivity index (χ4n) is 2.83. The minimum absolute atomic E-state index is 0.0723. The highest BCUT2D eigenvalue weighted by molar-refractivity contribution is 6.14. The summed E-state index contributed by atoms with van der Waals surface area (Å²) in [4.78, 5) is 16.5. The Kier molecular flexibility index (Phi) is 4.75. The molecule has 2 aromatic rings. The highest BCUT2D eigenvalue weighted by Crippen LogP contribution is 2.34. The SMILES string of the molecule is COc1ccc(N=CC2=C(O)[C@@H](c3ccccc3)CCC2=O)cc1. The van der Waals surface area contributed by atoms with Crippen LogP contribution in [0.4, 0.5) is 5.69 Å². The Labute approximate surface area is 141 Å². The number of Topliss-reactive ketones (excluding diaryl/α,β-unsaturated/α-hetero) is 1. The van der Waals surface area contributed by atoms with Crippen LogP contribution in [-0.4, -0.2) is 24.2 Å². The number of aliphatic imine (C=N–C) groups is 1. The van der Waals surface area contributed by atoms with Crippen molar-refractivity contribution in [2.24, 2.45) is 4.99 Å². The molecule has 3 rings (SSSR count). The van der Waals surface area contributed by atoms with Crippen molar-refractivity contribution in [3.05, 3.63) is 71.5 Å². The number of ketones is 1. The third-order valence-electron chi connectivity index (χ3n) is 4.18. The predicted octanol–water partition coefficient (Wildman–Crippen LogP) is 4.36. The summed E-state index contributed by atoms with van der Waals surface area (Å²) in [5.41, 5.74) is 2.01. The molecule has 0 bridgehead atoms. The quantitative estimate of drug-likeness (QED) is 0.851. The molecule has 1 aliphatic carbocycles. The summed E-state index contributed by atoms with van der Waals surface area (Å²) in [6.07, 6.45) is 2.50. The van der Waals surface area contributed by atoms with Crippen molar-refractivity contribution in [1.29, 1.82) is 0 Å². The van der Waals surface area contributed by atoms with Gasteiger partial charge >= 0.3 is 0 Å². The molecule has 4 nitrogen and oxygen atoms in total. The number of carbonyl (C=O) groups is 1. The van der Waals surface area contributed by atoms with Gasteiger partial charge in [0.1, 0.15) is 11.5 Å². The number of nitrogens with zero attached hydrogens (tertiary/aromatic N) is 1. The van der Waals surface area contributed by atoms with Crippen LogP contribution in [0.1, 0.15) is 24.3 Å². The molecule has 0 aliphatic heterocycles. The molecular formula is C20H19NO3. The van der Waals surface area contributed by atoms with E-state index in [9.17, 15) is 9.90 Å². The minimum Gasteiger partial charge on any atom is -0.511 e. The fraction of sp³-hybridized carbons (Fsp3) is 0.200. The first-order chi connectivity index (χ1) is 11.7. The molecule has 1 aliphatic rings. The molecule has 1 atom stereocenters. The smallest absolute Gasteiger partial charge is 0.167 e. The van der Waals surface area contributed by atoms with Gasteiger partial charge in [-0.1, -0.05) is 30.3 Å². The van der Waals surface area contributed by atoms with Gasteiger partial charge in [0.25, 0.3) is 0 Å². The number of rotatable bonds is 4. The van der Waals surface area contributed by atoms with Gasteiger partial charge in [-0.3, -0.25) is 9.79 Å². The third-order valence-corrected chi connectivity index (χ3v) is 4.18. The lowest BCUT2D eigenvalue weighted by atomic mass is 9.83. The Balaban J connectivity index is 1.88. The van der Waals surface area contributed by atoms with Crippen molar-refractivity contribution >= 4 is 17.7 Å². The summed E-state index contributed by atoms with van der Waals surface area (Å²) in [6.45, 7) is 0. The van der Waals surface area contributed by atoms with E-state index < -0.39 is 0 Å². The molecule has 0 radical (unpaired) electrons. The first-order valence-electron chi connectivity index (χ1n) is 7.88. The largest absolute Gasteiger partial charge is 0.511 e. The van der Waals surface area contributed by atoms with Gasteiger partial charge < -0.3 is 9.84 Å². The molecule has 24 heavy (non-hydrogen) atoms. The Bertz CT molecular complexity index is 776. The summed E-state index contributed by atoms with van der Waals surface area (Å²) in [7, 11) is 1.60. The van der Waals surface area contributed by atoms with Gasteiger partial charge in [0.05, 0.1) is 18.4 Å². The summed E-state index contributed by atoms with van der Waals surface area (Å²) in [5.74, 6) is 0.627. The highest BCUT2D eigenvalue weighted by Gasteiger charge is 2.28. The molecule has 0 saturated heterocycles. The van der Waals surface area contributed by atoms with Gasteiger partial charge in [-0.25, -0.2) is 0 Å². The van der Waals surface area contributed by atoms with Crippen LogP contribution < -0.4 is 4.74 Å². The van der Waals surface area contributed by atoms with Crippen molar-refractivity contribution in [1.82, 2.24) is 0 Å². The van der Waals surface area contributed by atoms with E-state index in [1.54, 1.807) is 31.4 Å². The molecule has 0 unspecified atom stereocenters. The van der Waals surface area contributed by atoms with Crippen LogP contribution in [0.15, 0.2) is 70.9 Å². The number of hydrogen-bond donors (Lipinski definition) is 1. The second-order valence-corrected chi connectivity index (χ2v) is 5.68. The number of aliphatic hydroxyl groups is 1. The molecule has 1 N–H and O–H groups in total. The number of carbonyl (C=O) groups excluding carboxylic acids is 1. The fourth-order valence-corrected chi connectivity index (χ4v) is 2.83. The van der Waals surface area contributed by atoms with E-state index in [4.69, 9.17) is 4.74 Å². The van der Waals surface area contributed by atoms with Crippen molar-refractivity contribution in [3.63, 3.8) is 0 Å². The minimum atomic E-state index is -0.152. The van der Waals surface area contributed by atoms with Gasteiger partial charge in [-0.05, 0) is 36.2 Å². The van der Waals surface area contributed by atoms with Gasteiger partial charge in [0.2, 0.25) is 0 Å². The monoisotopic (exact) mass is 321 g/mol. The van der Waals surface area contributed by atoms with E-state index in [0.717, 1.165) is 11.3 Å². The van der Waals surface area contributed by atoms with Crippen LogP contribution >= 0.6 is 0 Å². The summed E-state index contributed by atoms with van der Waals surface area (Å²) in [6, 6.07) is 16.9. The van der Waals surface area contributed by atoms with E-state index in [0.29, 0.717) is 24.1 Å². The number of aliphatic hydroxyl groups excluding tert-OH is 1. The number of methoxy groups -OCH3 is 1. The van der Waals surface area contributed by atoms with Crippen LogP contribution in [0.2, 0.25) is 0 Å². The normalized spacial score (nSPS) is 18.2. The lowest BCUT2D eigenvalue weighted by Gasteiger charge is -2.22. The zero-order valence-electron chi connectivity index (χ0n) is 13.5. The maximum absolute atomic E-state index is 12.2. The first-order valence-corrected chi connectivity index (χ1v) is 7.88. The molecule has 2 aromatic carbocycles. The lowest BCUT2D eigenvalue weighted by Crippen LogP contribution is -2.19. The Morgan fingerprint density at radius 3 is 2.50 bits per heavy atom. The molecule has 122 valence electrons. The maximum atomic E-state index is 12.2. The van der Waals surface area contributed by atoms with E-state index in [1.807, 2.05) is 30.3 Å². The molecule has 0 fully saturated rings. The van der Waals surface area contributed by atoms with Crippen molar-refractivity contribution in [2.45, 2.75) is 18.8 Å². The average molecular weight is 321 g/mol. The second-order valence-electron chi connectivity index (χ2n) is 5.68. The van der Waals surface area contributed by atoms with Crippen LogP contribution in [0.3, 0.4) is 0 Å². The number of ether oxygens (including phenoxy) is 1. The van der Waals surface area contributed by atoms with Crippen LogP contribution in [0.25, 0.3) is 0 Å². The summed E-state index contributed by atoms with van der Waals surface area (Å²) >= 11 is 0. The number of benzene rings is 2. The topological polar surface area (TPSA) is 58.9 Å². The molecule has 0 aromatic heterocycles. The second kappa shape index (κ2) is 7.13. The first kappa shape index (κ1) is 16.0. The zero-order chi connectivity index (χ0) is 16.9. The Hall–Kier alpha value is -2.88. The molecule has 4 heteroatoms. The average Bonchev–Trinajstić information content (AvgIpc) is 2.63. The van der Waals surface area contributed by atoms with E-state index in [2.05, 4.69) is 4.99 Å². The summed E-state index contributed by atoms with van der Waals surface area (Å²) in [5, 5.41) is 10.6. The maximum Gasteiger partial charge on any atom is 0.167 e. The van der Waals surface area contributed by atoms with Crippen LogP contribution in [-0.2, 0) is 4.79 Å². The Morgan fingerprint density at radius 2 is 1.83 bits per heavy atom.